The molecule has 10 heteroatoms. The maximum Gasteiger partial charge on any atom is 0.417 e. The molecule has 38 heavy (non-hydrogen) atoms. The Kier molecular flexibility index (Phi) is 7.12. The molecule has 5 rings (SSSR count). The second-order valence-electron chi connectivity index (χ2n) is 8.60. The first-order valence-corrected chi connectivity index (χ1v) is 11.9. The van der Waals surface area contributed by atoms with Crippen LogP contribution in [0.3, 0.4) is 0 Å². The first-order valence-electron chi connectivity index (χ1n) is 11.9. The van der Waals surface area contributed by atoms with Crippen molar-refractivity contribution < 1.29 is 27.4 Å². The highest BCUT2D eigenvalue weighted by atomic mass is 19.4. The Hall–Kier alpha value is -4.60. The third-order valence-corrected chi connectivity index (χ3v) is 6.14. The van der Waals surface area contributed by atoms with Gasteiger partial charge in [-0.05, 0) is 48.0 Å². The fourth-order valence-electron chi connectivity index (χ4n) is 4.21. The molecule has 1 fully saturated rings. The molecule has 1 saturated heterocycles. The molecule has 0 spiro atoms. The van der Waals surface area contributed by atoms with Gasteiger partial charge in [0.05, 0.1) is 11.6 Å². The summed E-state index contributed by atoms with van der Waals surface area (Å²) in [5, 5.41) is 0. The summed E-state index contributed by atoms with van der Waals surface area (Å²) in [5.41, 5.74) is 0.995. The van der Waals surface area contributed by atoms with Crippen LogP contribution in [-0.4, -0.2) is 40.6 Å². The molecule has 2 aromatic carbocycles. The summed E-state index contributed by atoms with van der Waals surface area (Å²) in [6.07, 6.45) is -0.741. The van der Waals surface area contributed by atoms with Crippen LogP contribution in [0.15, 0.2) is 97.5 Å². The van der Waals surface area contributed by atoms with Crippen LogP contribution in [0.1, 0.15) is 17.2 Å². The molecule has 1 amide bonds. The summed E-state index contributed by atoms with van der Waals surface area (Å²) < 4.78 is 49.6. The van der Waals surface area contributed by atoms with E-state index in [0.717, 1.165) is 23.5 Å². The average Bonchev–Trinajstić information content (AvgIpc) is 2.94. The quantitative estimate of drug-likeness (QED) is 0.306. The lowest BCUT2D eigenvalue weighted by Gasteiger charge is -2.42. The van der Waals surface area contributed by atoms with E-state index in [4.69, 9.17) is 9.47 Å². The summed E-state index contributed by atoms with van der Waals surface area (Å²) >= 11 is 0. The number of piperazine rings is 1. The van der Waals surface area contributed by atoms with Crippen molar-refractivity contribution in [3.8, 4) is 17.4 Å². The first-order chi connectivity index (χ1) is 18.4. The second-order valence-corrected chi connectivity index (χ2v) is 8.60. The Morgan fingerprint density at radius 1 is 0.868 bits per heavy atom. The molecule has 0 radical (unpaired) electrons. The van der Waals surface area contributed by atoms with Crippen LogP contribution < -0.4 is 14.4 Å². The number of carbonyl (C=O) groups is 1. The van der Waals surface area contributed by atoms with Gasteiger partial charge in [0, 0.05) is 50.0 Å². The average molecular weight is 521 g/mol. The number of alkyl halides is 3. The van der Waals surface area contributed by atoms with Crippen molar-refractivity contribution in [1.82, 2.24) is 14.9 Å². The Morgan fingerprint density at radius 3 is 2.26 bits per heavy atom. The Balaban J connectivity index is 1.35. The van der Waals surface area contributed by atoms with Gasteiger partial charge >= 0.3 is 12.3 Å². The van der Waals surface area contributed by atoms with E-state index in [1.54, 1.807) is 53.7 Å². The van der Waals surface area contributed by atoms with Gasteiger partial charge in [0.1, 0.15) is 11.5 Å². The molecule has 0 saturated carbocycles. The summed E-state index contributed by atoms with van der Waals surface area (Å²) in [7, 11) is 0. The van der Waals surface area contributed by atoms with Gasteiger partial charge in [0.2, 0.25) is 5.88 Å². The van der Waals surface area contributed by atoms with Crippen LogP contribution in [-0.2, 0) is 6.18 Å². The number of rotatable bonds is 5. The second kappa shape index (κ2) is 10.8. The zero-order valence-electron chi connectivity index (χ0n) is 20.1. The van der Waals surface area contributed by atoms with Crippen LogP contribution >= 0.6 is 0 Å². The number of para-hydroxylation sites is 1. The first kappa shape index (κ1) is 25.1. The molecule has 0 bridgehead atoms. The van der Waals surface area contributed by atoms with Gasteiger partial charge in [-0.1, -0.05) is 30.3 Å². The standard InChI is InChI=1S/C28H23F3N4O3/c29-28(30,31)21-8-11-26(33-18-21)37-24-9-6-20(7-10-24)25-19-34(22-12-14-32-15-13-22)16-17-35(25)27(36)38-23-4-2-1-3-5-23/h1-15,18,25H,16-17,19H2. The topological polar surface area (TPSA) is 67.8 Å². The summed E-state index contributed by atoms with van der Waals surface area (Å²) in [4.78, 5) is 24.9. The molecule has 1 atom stereocenters. The number of amides is 1. The number of pyridine rings is 2. The monoisotopic (exact) mass is 520 g/mol. The van der Waals surface area contributed by atoms with E-state index in [9.17, 15) is 18.0 Å². The normalized spacial score (nSPS) is 15.7. The zero-order chi connectivity index (χ0) is 26.5. The number of hydrogen-bond donors (Lipinski definition) is 0. The fraction of sp³-hybridized carbons (Fsp3) is 0.179. The highest BCUT2D eigenvalue weighted by Gasteiger charge is 2.33. The van der Waals surface area contributed by atoms with Gasteiger partial charge in [0.15, 0.2) is 0 Å². The van der Waals surface area contributed by atoms with Gasteiger partial charge in [-0.2, -0.15) is 13.2 Å². The predicted molar refractivity (Wildman–Crippen MR) is 134 cm³/mol. The highest BCUT2D eigenvalue weighted by molar-refractivity contribution is 5.72. The number of ether oxygens (including phenoxy) is 2. The molecular formula is C28H23F3N4O3. The minimum atomic E-state index is -4.47. The van der Waals surface area contributed by atoms with Crippen LogP contribution in [0.4, 0.5) is 23.7 Å². The van der Waals surface area contributed by atoms with Gasteiger partial charge in [0.25, 0.3) is 0 Å². The Labute approximate surface area is 217 Å². The van der Waals surface area contributed by atoms with Crippen LogP contribution in [0.2, 0.25) is 0 Å². The summed E-state index contributed by atoms with van der Waals surface area (Å²) in [6.45, 7) is 1.58. The van der Waals surface area contributed by atoms with Crippen LogP contribution in [0, 0.1) is 0 Å². The van der Waals surface area contributed by atoms with Crippen molar-refractivity contribution in [2.45, 2.75) is 12.2 Å². The molecular weight excluding hydrogens is 497 g/mol. The molecule has 7 nitrogen and oxygen atoms in total. The van der Waals surface area contributed by atoms with Gasteiger partial charge in [-0.3, -0.25) is 9.88 Å². The number of benzene rings is 2. The number of halogens is 3. The highest BCUT2D eigenvalue weighted by Crippen LogP contribution is 2.32. The summed E-state index contributed by atoms with van der Waals surface area (Å²) in [6, 6.07) is 21.5. The molecule has 2 aromatic heterocycles. The smallest absolute Gasteiger partial charge is 0.417 e. The molecule has 0 aliphatic carbocycles. The number of aromatic nitrogens is 2. The summed E-state index contributed by atoms with van der Waals surface area (Å²) in [5.74, 6) is 0.905. The molecule has 4 aromatic rings. The van der Waals surface area contributed by atoms with Gasteiger partial charge in [-0.25, -0.2) is 9.78 Å². The van der Waals surface area contributed by atoms with E-state index in [1.807, 2.05) is 30.3 Å². The lowest BCUT2D eigenvalue weighted by atomic mass is 10.0. The number of carbonyl (C=O) groups excluding carboxylic acids is 1. The zero-order valence-corrected chi connectivity index (χ0v) is 20.1. The van der Waals surface area contributed by atoms with E-state index in [2.05, 4.69) is 14.9 Å². The van der Waals surface area contributed by atoms with Crippen LogP contribution in [0.5, 0.6) is 17.4 Å². The van der Waals surface area contributed by atoms with Crippen molar-refractivity contribution in [2.75, 3.05) is 24.5 Å². The lowest BCUT2D eigenvalue weighted by molar-refractivity contribution is -0.137. The van der Waals surface area contributed by atoms with Crippen molar-refractivity contribution in [3.05, 3.63) is 109 Å². The van der Waals surface area contributed by atoms with Crippen molar-refractivity contribution in [1.29, 1.82) is 0 Å². The van der Waals surface area contributed by atoms with Crippen molar-refractivity contribution >= 4 is 11.8 Å². The van der Waals surface area contributed by atoms with Crippen LogP contribution in [0.25, 0.3) is 0 Å². The SMILES string of the molecule is O=C(Oc1ccccc1)N1CCN(c2ccncc2)CC1c1ccc(Oc2ccc(C(F)(F)F)cn2)cc1. The fourth-order valence-corrected chi connectivity index (χ4v) is 4.21. The minimum Gasteiger partial charge on any atom is -0.439 e. The van der Waals surface area contributed by atoms with Gasteiger partial charge in [-0.15, -0.1) is 0 Å². The predicted octanol–water partition coefficient (Wildman–Crippen LogP) is 6.35. The van der Waals surface area contributed by atoms with Crippen molar-refractivity contribution in [2.24, 2.45) is 0 Å². The Morgan fingerprint density at radius 2 is 1.61 bits per heavy atom. The minimum absolute atomic E-state index is 0.0420. The van der Waals surface area contributed by atoms with Gasteiger partial charge < -0.3 is 14.4 Å². The number of nitrogens with zero attached hydrogens (tertiary/aromatic N) is 4. The largest absolute Gasteiger partial charge is 0.439 e. The third-order valence-electron chi connectivity index (χ3n) is 6.14. The molecule has 1 aliphatic rings. The lowest BCUT2D eigenvalue weighted by Crippen LogP contribution is -2.51. The Bertz CT molecular complexity index is 1350. The number of anilines is 1. The number of hydrogen-bond acceptors (Lipinski definition) is 6. The molecule has 0 N–H and O–H groups in total. The van der Waals surface area contributed by atoms with E-state index in [-0.39, 0.29) is 11.9 Å². The third kappa shape index (κ3) is 5.86. The van der Waals surface area contributed by atoms with Crippen molar-refractivity contribution in [3.63, 3.8) is 0 Å². The van der Waals surface area contributed by atoms with E-state index in [0.29, 0.717) is 31.1 Å². The maximum atomic E-state index is 13.2. The molecule has 194 valence electrons. The van der Waals surface area contributed by atoms with E-state index in [1.165, 1.54) is 6.07 Å². The van der Waals surface area contributed by atoms with E-state index < -0.39 is 17.8 Å². The molecule has 1 aliphatic heterocycles. The maximum absolute atomic E-state index is 13.2. The molecule has 3 heterocycles. The van der Waals surface area contributed by atoms with E-state index >= 15 is 0 Å². The molecule has 1 unspecified atom stereocenters.